The number of hydrogen-bond acceptors (Lipinski definition) is 1. The maximum absolute atomic E-state index is 2.47. The molecule has 0 spiro atoms. The quantitative estimate of drug-likeness (QED) is 0.299. The highest BCUT2D eigenvalue weighted by molar-refractivity contribution is 5.83. The van der Waals surface area contributed by atoms with Crippen LogP contribution < -0.4 is 4.90 Å². The highest BCUT2D eigenvalue weighted by Crippen LogP contribution is 2.37. The lowest BCUT2D eigenvalue weighted by Crippen LogP contribution is -2.30. The van der Waals surface area contributed by atoms with Crippen LogP contribution in [-0.2, 0) is 0 Å². The lowest BCUT2D eigenvalue weighted by atomic mass is 9.88. The van der Waals surface area contributed by atoms with Gasteiger partial charge in [-0.25, -0.2) is 0 Å². The molecule has 1 aliphatic rings. The zero-order chi connectivity index (χ0) is 23.5. The number of anilines is 2. The summed E-state index contributed by atoms with van der Waals surface area (Å²) in [6.07, 6.45) is 5.83. The Labute approximate surface area is 203 Å². The van der Waals surface area contributed by atoms with Crippen molar-refractivity contribution in [1.29, 1.82) is 0 Å². The molecule has 1 atom stereocenters. The standard InChI is InChI=1S/C33H31N/c1-24-13-16-27(17-14-24)28-18-21-30(22-19-28)34(29-10-5-4-6-11-29)31-20-15-26(3)33(23-31)32-12-8-7-9-25(32)2/h4-19,21-23,31H,20H2,1-3H3. The second-order valence-electron chi connectivity index (χ2n) is 9.20. The third kappa shape index (κ3) is 4.47. The second kappa shape index (κ2) is 9.57. The fourth-order valence-corrected chi connectivity index (χ4v) is 4.84. The topological polar surface area (TPSA) is 3.24 Å². The molecule has 0 heterocycles. The molecule has 0 aliphatic heterocycles. The minimum absolute atomic E-state index is 0.242. The Hall–Kier alpha value is -3.84. The van der Waals surface area contributed by atoms with Crippen LogP contribution in [0.3, 0.4) is 0 Å². The van der Waals surface area contributed by atoms with Gasteiger partial charge < -0.3 is 4.90 Å². The molecule has 1 unspecified atom stereocenters. The van der Waals surface area contributed by atoms with Crippen LogP contribution >= 0.6 is 0 Å². The van der Waals surface area contributed by atoms with E-state index in [0.717, 1.165) is 6.42 Å². The SMILES string of the molecule is CC1=CCC(N(c2ccccc2)c2ccc(-c3ccc(C)cc3)cc2)C=C1c1ccccc1C. The predicted molar refractivity (Wildman–Crippen MR) is 147 cm³/mol. The van der Waals surface area contributed by atoms with Gasteiger partial charge in [0, 0.05) is 11.4 Å². The van der Waals surface area contributed by atoms with Gasteiger partial charge in [0.25, 0.3) is 0 Å². The molecule has 1 aliphatic carbocycles. The normalized spacial score (nSPS) is 15.4. The van der Waals surface area contributed by atoms with Gasteiger partial charge in [-0.05, 0) is 84.9 Å². The van der Waals surface area contributed by atoms with E-state index in [9.17, 15) is 0 Å². The van der Waals surface area contributed by atoms with Crippen molar-refractivity contribution >= 4 is 16.9 Å². The Kier molecular flexibility index (Phi) is 6.18. The first-order valence-electron chi connectivity index (χ1n) is 12.1. The van der Waals surface area contributed by atoms with Crippen molar-refractivity contribution in [2.75, 3.05) is 4.90 Å². The Balaban J connectivity index is 1.55. The van der Waals surface area contributed by atoms with Crippen molar-refractivity contribution in [3.63, 3.8) is 0 Å². The maximum Gasteiger partial charge on any atom is 0.0565 e. The molecule has 0 N–H and O–H groups in total. The Morgan fingerprint density at radius 3 is 1.88 bits per heavy atom. The van der Waals surface area contributed by atoms with Gasteiger partial charge in [-0.1, -0.05) is 96.6 Å². The van der Waals surface area contributed by atoms with Crippen LogP contribution in [0.25, 0.3) is 16.7 Å². The number of rotatable bonds is 5. The van der Waals surface area contributed by atoms with E-state index in [1.54, 1.807) is 0 Å². The molecule has 4 aromatic carbocycles. The van der Waals surface area contributed by atoms with E-state index in [-0.39, 0.29) is 6.04 Å². The second-order valence-corrected chi connectivity index (χ2v) is 9.20. The fourth-order valence-electron chi connectivity index (χ4n) is 4.84. The summed E-state index contributed by atoms with van der Waals surface area (Å²) in [5.41, 5.74) is 11.5. The highest BCUT2D eigenvalue weighted by Gasteiger charge is 2.23. The summed E-state index contributed by atoms with van der Waals surface area (Å²) in [6.45, 7) is 6.56. The molecular formula is C33H31N. The van der Waals surface area contributed by atoms with E-state index < -0.39 is 0 Å². The molecule has 0 bridgehead atoms. The van der Waals surface area contributed by atoms with Crippen LogP contribution in [0.15, 0.2) is 121 Å². The molecule has 4 aromatic rings. The van der Waals surface area contributed by atoms with Gasteiger partial charge in [-0.15, -0.1) is 0 Å². The average molecular weight is 442 g/mol. The fraction of sp³-hybridized carbons (Fsp3) is 0.152. The summed E-state index contributed by atoms with van der Waals surface area (Å²) in [5, 5.41) is 0. The van der Waals surface area contributed by atoms with E-state index in [1.165, 1.54) is 50.3 Å². The highest BCUT2D eigenvalue weighted by atomic mass is 15.2. The van der Waals surface area contributed by atoms with Gasteiger partial charge >= 0.3 is 0 Å². The van der Waals surface area contributed by atoms with Crippen molar-refractivity contribution in [1.82, 2.24) is 0 Å². The van der Waals surface area contributed by atoms with Crippen LogP contribution in [0.2, 0.25) is 0 Å². The van der Waals surface area contributed by atoms with Gasteiger partial charge in [-0.2, -0.15) is 0 Å². The first kappa shape index (κ1) is 22.0. The summed E-state index contributed by atoms with van der Waals surface area (Å²) in [6, 6.07) is 37.4. The Bertz CT molecular complexity index is 1330. The van der Waals surface area contributed by atoms with Crippen molar-refractivity contribution in [2.24, 2.45) is 0 Å². The smallest absolute Gasteiger partial charge is 0.0565 e. The zero-order valence-corrected chi connectivity index (χ0v) is 20.2. The van der Waals surface area contributed by atoms with E-state index in [0.29, 0.717) is 0 Å². The van der Waals surface area contributed by atoms with E-state index in [2.05, 4.69) is 141 Å². The van der Waals surface area contributed by atoms with Crippen LogP contribution in [-0.4, -0.2) is 6.04 Å². The van der Waals surface area contributed by atoms with Crippen molar-refractivity contribution in [3.05, 3.63) is 138 Å². The number of para-hydroxylation sites is 1. The lowest BCUT2D eigenvalue weighted by Gasteiger charge is -2.34. The van der Waals surface area contributed by atoms with Crippen molar-refractivity contribution < 1.29 is 0 Å². The average Bonchev–Trinajstić information content (AvgIpc) is 2.87. The van der Waals surface area contributed by atoms with E-state index in [1.807, 2.05) is 0 Å². The largest absolute Gasteiger partial charge is 0.334 e. The van der Waals surface area contributed by atoms with Gasteiger partial charge in [0.05, 0.1) is 6.04 Å². The minimum atomic E-state index is 0.242. The summed E-state index contributed by atoms with van der Waals surface area (Å²) in [7, 11) is 0. The van der Waals surface area contributed by atoms with E-state index in [4.69, 9.17) is 0 Å². The first-order chi connectivity index (χ1) is 16.6. The summed E-state index contributed by atoms with van der Waals surface area (Å²) < 4.78 is 0. The molecule has 0 fully saturated rings. The van der Waals surface area contributed by atoms with Crippen molar-refractivity contribution in [2.45, 2.75) is 33.2 Å². The Morgan fingerprint density at radius 2 is 1.21 bits per heavy atom. The molecule has 0 saturated heterocycles. The Morgan fingerprint density at radius 1 is 0.618 bits per heavy atom. The summed E-state index contributed by atoms with van der Waals surface area (Å²) in [4.78, 5) is 2.47. The molecule has 0 saturated carbocycles. The van der Waals surface area contributed by atoms with Gasteiger partial charge in [-0.3, -0.25) is 0 Å². The van der Waals surface area contributed by atoms with Crippen LogP contribution in [0.1, 0.15) is 30.0 Å². The van der Waals surface area contributed by atoms with Gasteiger partial charge in [0.15, 0.2) is 0 Å². The van der Waals surface area contributed by atoms with Gasteiger partial charge in [0.1, 0.15) is 0 Å². The molecule has 168 valence electrons. The zero-order valence-electron chi connectivity index (χ0n) is 20.2. The molecular weight excluding hydrogens is 410 g/mol. The number of benzene rings is 4. The molecule has 0 aromatic heterocycles. The molecule has 1 heteroatoms. The number of hydrogen-bond donors (Lipinski definition) is 0. The molecule has 1 nitrogen and oxygen atoms in total. The number of nitrogens with zero attached hydrogens (tertiary/aromatic N) is 1. The van der Waals surface area contributed by atoms with Gasteiger partial charge in [0.2, 0.25) is 0 Å². The predicted octanol–water partition coefficient (Wildman–Crippen LogP) is 8.91. The first-order valence-corrected chi connectivity index (χ1v) is 12.1. The van der Waals surface area contributed by atoms with E-state index >= 15 is 0 Å². The van der Waals surface area contributed by atoms with Crippen molar-refractivity contribution in [3.8, 4) is 11.1 Å². The molecule has 0 radical (unpaired) electrons. The lowest BCUT2D eigenvalue weighted by molar-refractivity contribution is 0.782. The number of aryl methyl sites for hydroxylation is 2. The summed E-state index contributed by atoms with van der Waals surface area (Å²) >= 11 is 0. The molecule has 5 rings (SSSR count). The third-order valence-electron chi connectivity index (χ3n) is 6.78. The molecule has 0 amide bonds. The van der Waals surface area contributed by atoms with Crippen LogP contribution in [0, 0.1) is 13.8 Å². The number of allylic oxidation sites excluding steroid dienone is 2. The van der Waals surface area contributed by atoms with Crippen LogP contribution in [0.5, 0.6) is 0 Å². The third-order valence-corrected chi connectivity index (χ3v) is 6.78. The minimum Gasteiger partial charge on any atom is -0.334 e. The van der Waals surface area contributed by atoms with Crippen LogP contribution in [0.4, 0.5) is 11.4 Å². The summed E-state index contributed by atoms with van der Waals surface area (Å²) in [5.74, 6) is 0. The monoisotopic (exact) mass is 441 g/mol. The maximum atomic E-state index is 2.47. The molecule has 34 heavy (non-hydrogen) atoms.